The lowest BCUT2D eigenvalue weighted by molar-refractivity contribution is -0.105. The molecule has 13 heavy (non-hydrogen) atoms. The molecule has 0 amide bonds. The number of nitrogens with one attached hydrogen (secondary N) is 1. The molecule has 1 N–H and O–H groups in total. The fourth-order valence-electron chi connectivity index (χ4n) is 0.264. The zero-order valence-electron chi connectivity index (χ0n) is 6.00. The molecule has 0 fully saturated rings. The zero-order chi connectivity index (χ0) is 10.5. The molecular formula is C4H5F6NS2. The number of hydrogen-bond acceptors (Lipinski definition) is 3. The summed E-state index contributed by atoms with van der Waals surface area (Å²) in [6, 6.07) is 0. The van der Waals surface area contributed by atoms with Gasteiger partial charge in [0.25, 0.3) is 0 Å². The van der Waals surface area contributed by atoms with Gasteiger partial charge in [-0.15, -0.1) is 0 Å². The van der Waals surface area contributed by atoms with Gasteiger partial charge in [-0.25, -0.2) is 4.13 Å². The minimum absolute atomic E-state index is 0.189. The van der Waals surface area contributed by atoms with E-state index in [-0.39, 0.29) is 23.9 Å². The molecule has 0 aromatic carbocycles. The first-order valence-electron chi connectivity index (χ1n) is 2.83. The number of halogens is 6. The molecule has 0 heterocycles. The highest BCUT2D eigenvalue weighted by Crippen LogP contribution is 2.23. The molecule has 0 unspecified atom stereocenters. The number of alkyl halides is 6. The van der Waals surface area contributed by atoms with E-state index < -0.39 is 23.9 Å². The van der Waals surface area contributed by atoms with Gasteiger partial charge in [-0.05, 0) is 0 Å². The van der Waals surface area contributed by atoms with Gasteiger partial charge in [0, 0.05) is 0 Å². The molecule has 0 radical (unpaired) electrons. The van der Waals surface area contributed by atoms with E-state index in [0.29, 0.717) is 0 Å². The van der Waals surface area contributed by atoms with Gasteiger partial charge in [-0.3, -0.25) is 0 Å². The van der Waals surface area contributed by atoms with E-state index in [1.807, 2.05) is 4.13 Å². The van der Waals surface area contributed by atoms with Crippen LogP contribution in [-0.4, -0.2) is 23.9 Å². The summed E-state index contributed by atoms with van der Waals surface area (Å²) in [5.41, 5.74) is 0. The standard InChI is InChI=1S/C4H5F6NS2/c5-3(6,7)1-12-11-13-2-4(8,9)10/h11H,1-2H2. The van der Waals surface area contributed by atoms with Crippen LogP contribution in [0.3, 0.4) is 0 Å². The van der Waals surface area contributed by atoms with Crippen LogP contribution in [0.4, 0.5) is 26.3 Å². The quantitative estimate of drug-likeness (QED) is 0.464. The summed E-state index contributed by atoms with van der Waals surface area (Å²) < 4.78 is 70.4. The van der Waals surface area contributed by atoms with E-state index >= 15 is 0 Å². The summed E-state index contributed by atoms with van der Waals surface area (Å²) in [6.45, 7) is 0. The Morgan fingerprint density at radius 3 is 1.31 bits per heavy atom. The van der Waals surface area contributed by atoms with E-state index in [4.69, 9.17) is 0 Å². The van der Waals surface area contributed by atoms with Crippen molar-refractivity contribution in [2.45, 2.75) is 12.4 Å². The fraction of sp³-hybridized carbons (Fsp3) is 1.00. The summed E-state index contributed by atoms with van der Waals surface area (Å²) in [7, 11) is 0. The van der Waals surface area contributed by atoms with Gasteiger partial charge in [0.1, 0.15) is 11.5 Å². The maximum atomic E-state index is 11.4. The lowest BCUT2D eigenvalue weighted by Crippen LogP contribution is -2.16. The van der Waals surface area contributed by atoms with Crippen LogP contribution in [0.15, 0.2) is 0 Å². The van der Waals surface area contributed by atoms with Crippen molar-refractivity contribution in [2.75, 3.05) is 11.5 Å². The molecule has 9 heteroatoms. The minimum atomic E-state index is -4.36. The highest BCUT2D eigenvalue weighted by molar-refractivity contribution is 8.12. The van der Waals surface area contributed by atoms with Gasteiger partial charge >= 0.3 is 12.4 Å². The second-order valence-corrected chi connectivity index (χ2v) is 3.71. The number of hydrogen-bond donors (Lipinski definition) is 1. The summed E-state index contributed by atoms with van der Waals surface area (Å²) >= 11 is 0.378. The summed E-state index contributed by atoms with van der Waals surface area (Å²) in [5, 5.41) is 0. The first-order valence-corrected chi connectivity index (χ1v) is 4.80. The number of rotatable bonds is 4. The van der Waals surface area contributed by atoms with Crippen LogP contribution < -0.4 is 4.13 Å². The first-order chi connectivity index (χ1) is 5.71. The minimum Gasteiger partial charge on any atom is -0.207 e. The van der Waals surface area contributed by atoms with Crippen LogP contribution in [-0.2, 0) is 0 Å². The predicted octanol–water partition coefficient (Wildman–Crippen LogP) is 3.00. The molecule has 0 aliphatic carbocycles. The highest BCUT2D eigenvalue weighted by atomic mass is 32.2. The maximum Gasteiger partial charge on any atom is 0.399 e. The molecule has 0 aromatic heterocycles. The van der Waals surface area contributed by atoms with E-state index in [0.717, 1.165) is 0 Å². The molecule has 0 saturated carbocycles. The van der Waals surface area contributed by atoms with Crippen LogP contribution in [0.1, 0.15) is 0 Å². The monoisotopic (exact) mass is 245 g/mol. The Morgan fingerprint density at radius 2 is 1.08 bits per heavy atom. The summed E-state index contributed by atoms with van der Waals surface area (Å²) in [6.07, 6.45) is -8.73. The Kier molecular flexibility index (Phi) is 5.30. The van der Waals surface area contributed by atoms with Crippen LogP contribution >= 0.6 is 23.9 Å². The predicted molar refractivity (Wildman–Crippen MR) is 40.2 cm³/mol. The van der Waals surface area contributed by atoms with Crippen molar-refractivity contribution in [1.29, 1.82) is 0 Å². The topological polar surface area (TPSA) is 12.0 Å². The van der Waals surface area contributed by atoms with Crippen molar-refractivity contribution in [2.24, 2.45) is 0 Å². The molecule has 1 nitrogen and oxygen atoms in total. The Labute approximate surface area is 78.9 Å². The lowest BCUT2D eigenvalue weighted by Gasteiger charge is -2.07. The molecule has 80 valence electrons. The Hall–Kier alpha value is 0.240. The smallest absolute Gasteiger partial charge is 0.207 e. The lowest BCUT2D eigenvalue weighted by atomic mass is 10.8. The van der Waals surface area contributed by atoms with Crippen molar-refractivity contribution in [3.8, 4) is 0 Å². The third-order valence-electron chi connectivity index (χ3n) is 0.590. The van der Waals surface area contributed by atoms with Gasteiger partial charge in [0.05, 0.1) is 0 Å². The Bertz CT molecular complexity index is 127. The molecule has 0 spiro atoms. The maximum absolute atomic E-state index is 11.4. The van der Waals surface area contributed by atoms with Crippen molar-refractivity contribution in [1.82, 2.24) is 4.13 Å². The van der Waals surface area contributed by atoms with Crippen molar-refractivity contribution < 1.29 is 26.3 Å². The van der Waals surface area contributed by atoms with E-state index in [1.54, 1.807) is 0 Å². The molecular weight excluding hydrogens is 240 g/mol. The molecule has 0 atom stereocenters. The average Bonchev–Trinajstić information content (AvgIpc) is 1.81. The van der Waals surface area contributed by atoms with Crippen molar-refractivity contribution in [3.63, 3.8) is 0 Å². The van der Waals surface area contributed by atoms with Crippen molar-refractivity contribution >= 4 is 23.9 Å². The van der Waals surface area contributed by atoms with Crippen LogP contribution in [0.25, 0.3) is 0 Å². The van der Waals surface area contributed by atoms with Crippen LogP contribution in [0.2, 0.25) is 0 Å². The van der Waals surface area contributed by atoms with E-state index in [2.05, 4.69) is 0 Å². The molecule has 0 rings (SSSR count). The average molecular weight is 245 g/mol. The Morgan fingerprint density at radius 1 is 0.769 bits per heavy atom. The normalized spacial score (nSPS) is 13.4. The third kappa shape index (κ3) is 12.2. The van der Waals surface area contributed by atoms with Crippen molar-refractivity contribution in [3.05, 3.63) is 0 Å². The first kappa shape index (κ1) is 13.2. The SMILES string of the molecule is FC(F)(F)CSNSCC(F)(F)F. The van der Waals surface area contributed by atoms with Crippen LogP contribution in [0.5, 0.6) is 0 Å². The van der Waals surface area contributed by atoms with Gasteiger partial charge in [0.2, 0.25) is 0 Å². The van der Waals surface area contributed by atoms with Crippen LogP contribution in [0, 0.1) is 0 Å². The van der Waals surface area contributed by atoms with Gasteiger partial charge in [-0.2, -0.15) is 26.3 Å². The third-order valence-corrected chi connectivity index (χ3v) is 2.48. The molecule has 0 saturated heterocycles. The second kappa shape index (κ2) is 5.20. The second-order valence-electron chi connectivity index (χ2n) is 1.89. The molecule has 0 aliphatic rings. The summed E-state index contributed by atoms with van der Waals surface area (Å²) in [4.78, 5) is 0. The van der Waals surface area contributed by atoms with Gasteiger partial charge in [-0.1, -0.05) is 23.9 Å². The summed E-state index contributed by atoms with van der Waals surface area (Å²) in [5.74, 6) is -2.42. The largest absolute Gasteiger partial charge is 0.399 e. The van der Waals surface area contributed by atoms with Gasteiger partial charge in [0.15, 0.2) is 0 Å². The Balaban J connectivity index is 3.28. The zero-order valence-corrected chi connectivity index (χ0v) is 7.63. The molecule has 0 aliphatic heterocycles. The van der Waals surface area contributed by atoms with Gasteiger partial charge < -0.3 is 0 Å². The van der Waals surface area contributed by atoms with E-state index in [9.17, 15) is 26.3 Å². The highest BCUT2D eigenvalue weighted by Gasteiger charge is 2.29. The van der Waals surface area contributed by atoms with E-state index in [1.165, 1.54) is 0 Å². The molecule has 0 bridgehead atoms. The fourth-order valence-corrected chi connectivity index (χ4v) is 1.40. The molecule has 0 aromatic rings.